The quantitative estimate of drug-likeness (QED) is 0.750. The number of nitrogens with zero attached hydrogens (tertiary/aromatic N) is 1. The molecule has 1 aromatic heterocycles. The molecular formula is C8H8BF3NOS-. The van der Waals surface area contributed by atoms with Crippen molar-refractivity contribution in [1.82, 2.24) is 4.98 Å². The summed E-state index contributed by atoms with van der Waals surface area (Å²) in [6.45, 7) is -4.95. The maximum absolute atomic E-state index is 11.9. The number of hydrogen-bond donors (Lipinski definition) is 0. The number of rotatable bonds is 3. The van der Waals surface area contributed by atoms with Crippen LogP contribution in [0.25, 0.3) is 6.08 Å². The van der Waals surface area contributed by atoms with E-state index < -0.39 is 17.8 Å². The van der Waals surface area contributed by atoms with Crippen LogP contribution in [0.1, 0.15) is 5.69 Å². The van der Waals surface area contributed by atoms with Gasteiger partial charge in [0.1, 0.15) is 0 Å². The molecule has 0 aromatic carbocycles. The van der Waals surface area contributed by atoms with Crippen molar-refractivity contribution in [1.29, 1.82) is 0 Å². The SMILES string of the molecule is CS(=O)c1ccnc(/C=C/[B-](F)(F)F)c1. The lowest BCUT2D eigenvalue weighted by atomic mass is 9.91. The van der Waals surface area contributed by atoms with E-state index in [1.807, 2.05) is 0 Å². The Bertz CT molecular complexity index is 405. The van der Waals surface area contributed by atoms with Crippen LogP contribution in [-0.2, 0) is 10.8 Å². The van der Waals surface area contributed by atoms with Crippen LogP contribution in [0.4, 0.5) is 12.9 Å². The molecule has 0 spiro atoms. The van der Waals surface area contributed by atoms with E-state index in [2.05, 4.69) is 4.98 Å². The average molecular weight is 234 g/mol. The highest BCUT2D eigenvalue weighted by Gasteiger charge is 2.17. The van der Waals surface area contributed by atoms with Crippen LogP contribution >= 0.6 is 0 Å². The van der Waals surface area contributed by atoms with E-state index in [9.17, 15) is 17.2 Å². The molecule has 1 heterocycles. The molecule has 0 bridgehead atoms. The Kier molecular flexibility index (Phi) is 3.68. The van der Waals surface area contributed by atoms with Crippen molar-refractivity contribution in [3.8, 4) is 0 Å². The van der Waals surface area contributed by atoms with Gasteiger partial charge in [-0.2, -0.15) is 0 Å². The van der Waals surface area contributed by atoms with E-state index in [0.29, 0.717) is 4.90 Å². The summed E-state index contributed by atoms with van der Waals surface area (Å²) in [6.07, 6.45) is 3.66. The van der Waals surface area contributed by atoms with Crippen LogP contribution in [-0.4, -0.2) is 22.4 Å². The van der Waals surface area contributed by atoms with Gasteiger partial charge < -0.3 is 12.9 Å². The molecule has 0 aliphatic carbocycles. The van der Waals surface area contributed by atoms with E-state index in [0.717, 1.165) is 6.08 Å². The maximum atomic E-state index is 11.9. The fourth-order valence-corrected chi connectivity index (χ4v) is 1.44. The van der Waals surface area contributed by atoms with Crippen molar-refractivity contribution in [3.05, 3.63) is 30.0 Å². The topological polar surface area (TPSA) is 30.0 Å². The van der Waals surface area contributed by atoms with Crippen LogP contribution in [0.3, 0.4) is 0 Å². The fourth-order valence-electron chi connectivity index (χ4n) is 0.906. The molecule has 7 heteroatoms. The first-order chi connectivity index (χ1) is 6.88. The highest BCUT2D eigenvalue weighted by molar-refractivity contribution is 7.84. The molecule has 15 heavy (non-hydrogen) atoms. The third-order valence-corrected chi connectivity index (χ3v) is 2.49. The Morgan fingerprint density at radius 2 is 2.13 bits per heavy atom. The molecule has 0 N–H and O–H groups in total. The van der Waals surface area contributed by atoms with Gasteiger partial charge >= 0.3 is 6.98 Å². The van der Waals surface area contributed by atoms with Gasteiger partial charge in [0.05, 0.1) is 5.69 Å². The lowest BCUT2D eigenvalue weighted by molar-refractivity contribution is 0.499. The molecule has 0 amide bonds. The summed E-state index contributed by atoms with van der Waals surface area (Å²) in [5, 5.41) is 0. The second kappa shape index (κ2) is 4.61. The van der Waals surface area contributed by atoms with Crippen molar-refractivity contribution in [2.75, 3.05) is 6.26 Å². The first-order valence-electron chi connectivity index (χ1n) is 4.07. The molecular weight excluding hydrogens is 226 g/mol. The highest BCUT2D eigenvalue weighted by Crippen LogP contribution is 2.13. The summed E-state index contributed by atoms with van der Waals surface area (Å²) >= 11 is 0. The largest absolute Gasteiger partial charge is 0.502 e. The normalized spacial score (nSPS) is 14.4. The summed E-state index contributed by atoms with van der Waals surface area (Å²) in [5.74, 6) is 0.157. The molecule has 0 aliphatic rings. The van der Waals surface area contributed by atoms with Gasteiger partial charge in [0.15, 0.2) is 0 Å². The molecule has 0 aliphatic heterocycles. The van der Waals surface area contributed by atoms with Gasteiger partial charge in [0, 0.05) is 28.1 Å². The van der Waals surface area contributed by atoms with Crippen molar-refractivity contribution in [3.63, 3.8) is 0 Å². The van der Waals surface area contributed by atoms with Gasteiger partial charge in [-0.05, 0) is 12.1 Å². The molecule has 1 rings (SSSR count). The first kappa shape index (κ1) is 12.0. The minimum atomic E-state index is -4.95. The monoisotopic (exact) mass is 234 g/mol. The summed E-state index contributed by atoms with van der Waals surface area (Å²) in [7, 11) is -1.21. The van der Waals surface area contributed by atoms with Gasteiger partial charge in [-0.15, -0.1) is 5.98 Å². The zero-order valence-corrected chi connectivity index (χ0v) is 8.68. The smallest absolute Gasteiger partial charge is 0.445 e. The van der Waals surface area contributed by atoms with Gasteiger partial charge in [-0.3, -0.25) is 9.19 Å². The summed E-state index contributed by atoms with van der Waals surface area (Å²) in [5.41, 5.74) is 0.155. The van der Waals surface area contributed by atoms with Crippen LogP contribution in [0.2, 0.25) is 0 Å². The Labute approximate surface area is 87.7 Å². The third-order valence-electron chi connectivity index (χ3n) is 1.57. The first-order valence-corrected chi connectivity index (χ1v) is 5.63. The number of aromatic nitrogens is 1. The molecule has 0 saturated carbocycles. The standard InChI is InChI=1S/C8H8BF3NOS/c1-15(14)8-3-5-13-7(6-8)2-4-9(10,11)12/h2-6H,1H3/q-1/b4-2+. The van der Waals surface area contributed by atoms with Gasteiger partial charge in [-0.25, -0.2) is 0 Å². The second-order valence-corrected chi connectivity index (χ2v) is 4.23. The lowest BCUT2D eigenvalue weighted by Crippen LogP contribution is -2.09. The molecule has 1 aromatic rings. The molecule has 82 valence electrons. The van der Waals surface area contributed by atoms with E-state index >= 15 is 0 Å². The van der Waals surface area contributed by atoms with Crippen LogP contribution in [0.5, 0.6) is 0 Å². The Hall–Kier alpha value is -1.11. The van der Waals surface area contributed by atoms with E-state index in [4.69, 9.17) is 0 Å². The van der Waals surface area contributed by atoms with E-state index in [1.165, 1.54) is 24.6 Å². The number of halogens is 3. The molecule has 1 atom stereocenters. The molecule has 1 unspecified atom stereocenters. The van der Waals surface area contributed by atoms with Gasteiger partial charge in [0.2, 0.25) is 0 Å². The predicted octanol–water partition coefficient (Wildman–Crippen LogP) is 2.22. The maximum Gasteiger partial charge on any atom is 0.502 e. The second-order valence-electron chi connectivity index (χ2n) is 2.86. The minimum absolute atomic E-state index is 0.155. The zero-order valence-electron chi connectivity index (χ0n) is 7.86. The van der Waals surface area contributed by atoms with Crippen LogP contribution in [0, 0.1) is 0 Å². The van der Waals surface area contributed by atoms with Crippen molar-refractivity contribution in [2.45, 2.75) is 4.90 Å². The third kappa shape index (κ3) is 4.29. The Balaban J connectivity index is 2.92. The predicted molar refractivity (Wildman–Crippen MR) is 54.7 cm³/mol. The lowest BCUT2D eigenvalue weighted by Gasteiger charge is -2.06. The van der Waals surface area contributed by atoms with Crippen LogP contribution < -0.4 is 0 Å². The summed E-state index contributed by atoms with van der Waals surface area (Å²) in [4.78, 5) is 4.17. The molecule has 0 fully saturated rings. The summed E-state index contributed by atoms with van der Waals surface area (Å²) in [6, 6.07) is 2.88. The molecule has 0 radical (unpaired) electrons. The molecule has 2 nitrogen and oxygen atoms in total. The number of hydrogen-bond acceptors (Lipinski definition) is 2. The fraction of sp³-hybridized carbons (Fsp3) is 0.125. The van der Waals surface area contributed by atoms with Crippen molar-refractivity contribution >= 4 is 23.9 Å². The Morgan fingerprint density at radius 1 is 1.47 bits per heavy atom. The van der Waals surface area contributed by atoms with Gasteiger partial charge in [0.25, 0.3) is 0 Å². The van der Waals surface area contributed by atoms with Crippen molar-refractivity contribution in [2.24, 2.45) is 0 Å². The van der Waals surface area contributed by atoms with Gasteiger partial charge in [-0.1, -0.05) is 6.08 Å². The van der Waals surface area contributed by atoms with Crippen LogP contribution in [0.15, 0.2) is 29.2 Å². The Morgan fingerprint density at radius 3 is 2.67 bits per heavy atom. The minimum Gasteiger partial charge on any atom is -0.445 e. The molecule has 0 saturated heterocycles. The summed E-state index contributed by atoms with van der Waals surface area (Å²) < 4.78 is 46.7. The van der Waals surface area contributed by atoms with Crippen molar-refractivity contribution < 1.29 is 17.2 Å². The zero-order chi connectivity index (χ0) is 11.5. The number of pyridine rings is 1. The average Bonchev–Trinajstić information content (AvgIpc) is 2.14. The van der Waals surface area contributed by atoms with E-state index in [-0.39, 0.29) is 11.7 Å². The van der Waals surface area contributed by atoms with E-state index in [1.54, 1.807) is 0 Å². The highest BCUT2D eigenvalue weighted by atomic mass is 32.2.